The molecule has 1 heterocycles. The minimum atomic E-state index is -0.182. The lowest BCUT2D eigenvalue weighted by atomic mass is 10.1. The van der Waals surface area contributed by atoms with Gasteiger partial charge in [-0.15, -0.1) is 11.3 Å². The Morgan fingerprint density at radius 1 is 1.30 bits per heavy atom. The molecule has 0 saturated carbocycles. The summed E-state index contributed by atoms with van der Waals surface area (Å²) in [6, 6.07) is 9.81. The van der Waals surface area contributed by atoms with Crippen molar-refractivity contribution in [2.24, 2.45) is 0 Å². The van der Waals surface area contributed by atoms with E-state index >= 15 is 0 Å². The highest BCUT2D eigenvalue weighted by Crippen LogP contribution is 2.27. The topological polar surface area (TPSA) is 41.1 Å². The zero-order chi connectivity index (χ0) is 14.7. The maximum absolute atomic E-state index is 11.7. The summed E-state index contributed by atoms with van der Waals surface area (Å²) < 4.78 is 0. The number of amides is 1. The van der Waals surface area contributed by atoms with Gasteiger partial charge in [0.2, 0.25) is 0 Å². The van der Waals surface area contributed by atoms with Crippen molar-refractivity contribution in [1.29, 1.82) is 0 Å². The van der Waals surface area contributed by atoms with Gasteiger partial charge in [0.05, 0.1) is 16.6 Å². The van der Waals surface area contributed by atoms with E-state index in [0.717, 1.165) is 5.69 Å². The van der Waals surface area contributed by atoms with Crippen LogP contribution in [0.25, 0.3) is 0 Å². The van der Waals surface area contributed by atoms with E-state index in [-0.39, 0.29) is 11.9 Å². The largest absolute Gasteiger partial charge is 0.378 e. The number of hydrogen-bond donors (Lipinski definition) is 2. The summed E-state index contributed by atoms with van der Waals surface area (Å²) >= 11 is 7.81. The van der Waals surface area contributed by atoms with Crippen LogP contribution in [0.2, 0.25) is 5.02 Å². The molecule has 2 N–H and O–H groups in total. The second-order valence-corrected chi connectivity index (χ2v) is 6.31. The van der Waals surface area contributed by atoms with Crippen molar-refractivity contribution in [2.45, 2.75) is 19.9 Å². The zero-order valence-corrected chi connectivity index (χ0v) is 13.2. The van der Waals surface area contributed by atoms with Crippen LogP contribution in [0.5, 0.6) is 0 Å². The standard InChI is InChI=1S/C15H17ClN2OS/c1-9-4-7-14(20-9)10(2)18-11-5-6-13(16)12(8-11)15(19)17-3/h4-8,10,18H,1-3H3,(H,17,19). The number of rotatable bonds is 4. The quantitative estimate of drug-likeness (QED) is 0.887. The van der Waals surface area contributed by atoms with Gasteiger partial charge in [-0.05, 0) is 44.2 Å². The molecule has 1 aromatic heterocycles. The predicted molar refractivity (Wildman–Crippen MR) is 85.9 cm³/mol. The molecule has 0 aliphatic heterocycles. The highest BCUT2D eigenvalue weighted by molar-refractivity contribution is 7.12. The van der Waals surface area contributed by atoms with Crippen LogP contribution in [0.15, 0.2) is 30.3 Å². The molecular weight excluding hydrogens is 292 g/mol. The number of aryl methyl sites for hydroxylation is 1. The lowest BCUT2D eigenvalue weighted by molar-refractivity contribution is 0.0963. The summed E-state index contributed by atoms with van der Waals surface area (Å²) in [5, 5.41) is 6.43. The first-order chi connectivity index (χ1) is 9.51. The number of hydrogen-bond acceptors (Lipinski definition) is 3. The molecule has 3 nitrogen and oxygen atoms in total. The molecule has 2 rings (SSSR count). The van der Waals surface area contributed by atoms with Gasteiger partial charge in [-0.2, -0.15) is 0 Å². The van der Waals surface area contributed by atoms with Crippen LogP contribution in [0.1, 0.15) is 33.1 Å². The number of halogens is 1. The number of anilines is 1. The molecule has 0 radical (unpaired) electrons. The van der Waals surface area contributed by atoms with Crippen molar-refractivity contribution < 1.29 is 4.79 Å². The predicted octanol–water partition coefficient (Wildman–Crippen LogP) is 4.24. The van der Waals surface area contributed by atoms with E-state index in [1.807, 2.05) is 6.07 Å². The van der Waals surface area contributed by atoms with Gasteiger partial charge in [-0.1, -0.05) is 11.6 Å². The summed E-state index contributed by atoms with van der Waals surface area (Å²) in [5.74, 6) is -0.182. The molecule has 20 heavy (non-hydrogen) atoms. The minimum absolute atomic E-state index is 0.182. The van der Waals surface area contributed by atoms with E-state index in [1.165, 1.54) is 9.75 Å². The maximum Gasteiger partial charge on any atom is 0.252 e. The van der Waals surface area contributed by atoms with Gasteiger partial charge < -0.3 is 10.6 Å². The SMILES string of the molecule is CNC(=O)c1cc(NC(C)c2ccc(C)s2)ccc1Cl. The molecule has 0 bridgehead atoms. The van der Waals surface area contributed by atoms with Gasteiger partial charge in [-0.25, -0.2) is 0 Å². The summed E-state index contributed by atoms with van der Waals surface area (Å²) in [6.07, 6.45) is 0. The molecule has 0 aliphatic rings. The van der Waals surface area contributed by atoms with E-state index in [2.05, 4.69) is 36.6 Å². The lowest BCUT2D eigenvalue weighted by Crippen LogP contribution is -2.18. The summed E-state index contributed by atoms with van der Waals surface area (Å²) in [6.45, 7) is 4.19. The zero-order valence-electron chi connectivity index (χ0n) is 11.7. The summed E-state index contributed by atoms with van der Waals surface area (Å²) in [7, 11) is 1.59. The fourth-order valence-electron chi connectivity index (χ4n) is 1.93. The van der Waals surface area contributed by atoms with Crippen molar-refractivity contribution in [2.75, 3.05) is 12.4 Å². The van der Waals surface area contributed by atoms with Gasteiger partial charge in [0.15, 0.2) is 0 Å². The van der Waals surface area contributed by atoms with Crippen LogP contribution in [0, 0.1) is 6.92 Å². The van der Waals surface area contributed by atoms with E-state index in [9.17, 15) is 4.79 Å². The van der Waals surface area contributed by atoms with Crippen molar-refractivity contribution in [3.63, 3.8) is 0 Å². The van der Waals surface area contributed by atoms with Crippen LogP contribution < -0.4 is 10.6 Å². The van der Waals surface area contributed by atoms with Gasteiger partial charge >= 0.3 is 0 Å². The number of carbonyl (C=O) groups is 1. The molecule has 0 fully saturated rings. The first-order valence-electron chi connectivity index (χ1n) is 6.35. The fraction of sp³-hybridized carbons (Fsp3) is 0.267. The van der Waals surface area contributed by atoms with E-state index in [4.69, 9.17) is 11.6 Å². The van der Waals surface area contributed by atoms with E-state index in [1.54, 1.807) is 30.5 Å². The van der Waals surface area contributed by atoms with E-state index in [0.29, 0.717) is 10.6 Å². The van der Waals surface area contributed by atoms with Gasteiger partial charge in [0.1, 0.15) is 0 Å². The van der Waals surface area contributed by atoms with E-state index < -0.39 is 0 Å². The fourth-order valence-corrected chi connectivity index (χ4v) is 3.01. The number of nitrogens with one attached hydrogen (secondary N) is 2. The Hall–Kier alpha value is -1.52. The number of thiophene rings is 1. The third-order valence-corrected chi connectivity index (χ3v) is 4.52. The van der Waals surface area contributed by atoms with Crippen LogP contribution in [0.3, 0.4) is 0 Å². The van der Waals surface area contributed by atoms with Gasteiger partial charge in [-0.3, -0.25) is 4.79 Å². The molecule has 0 aliphatic carbocycles. The Kier molecular flexibility index (Phi) is 4.68. The summed E-state index contributed by atoms with van der Waals surface area (Å²) in [4.78, 5) is 14.3. The Labute approximate surface area is 128 Å². The monoisotopic (exact) mass is 308 g/mol. The highest BCUT2D eigenvalue weighted by Gasteiger charge is 2.12. The second-order valence-electron chi connectivity index (χ2n) is 4.59. The smallest absolute Gasteiger partial charge is 0.252 e. The van der Waals surface area contributed by atoms with Crippen molar-refractivity contribution >= 4 is 34.5 Å². The molecular formula is C15H17ClN2OS. The summed E-state index contributed by atoms with van der Waals surface area (Å²) in [5.41, 5.74) is 1.36. The molecule has 1 aromatic carbocycles. The van der Waals surface area contributed by atoms with Crippen molar-refractivity contribution in [3.05, 3.63) is 50.7 Å². The Bertz CT molecular complexity index is 624. The average molecular weight is 309 g/mol. The molecule has 2 aromatic rings. The number of carbonyl (C=O) groups excluding carboxylic acids is 1. The normalized spacial score (nSPS) is 12.0. The van der Waals surface area contributed by atoms with Crippen LogP contribution in [-0.2, 0) is 0 Å². The van der Waals surface area contributed by atoms with Crippen molar-refractivity contribution in [3.8, 4) is 0 Å². The van der Waals surface area contributed by atoms with Gasteiger partial charge in [0.25, 0.3) is 5.91 Å². The Balaban J connectivity index is 2.19. The molecule has 1 unspecified atom stereocenters. The molecule has 1 amide bonds. The van der Waals surface area contributed by atoms with Gasteiger partial charge in [0, 0.05) is 22.5 Å². The van der Waals surface area contributed by atoms with Crippen LogP contribution >= 0.6 is 22.9 Å². The van der Waals surface area contributed by atoms with Crippen molar-refractivity contribution in [1.82, 2.24) is 5.32 Å². The first-order valence-corrected chi connectivity index (χ1v) is 7.55. The lowest BCUT2D eigenvalue weighted by Gasteiger charge is -2.15. The maximum atomic E-state index is 11.7. The van der Waals surface area contributed by atoms with Crippen LogP contribution in [0.4, 0.5) is 5.69 Å². The average Bonchev–Trinajstić information content (AvgIpc) is 2.87. The highest BCUT2D eigenvalue weighted by atomic mass is 35.5. The third kappa shape index (κ3) is 3.32. The molecule has 106 valence electrons. The van der Waals surface area contributed by atoms with Crippen LogP contribution in [-0.4, -0.2) is 13.0 Å². The molecule has 1 atom stereocenters. The molecule has 0 saturated heterocycles. The molecule has 5 heteroatoms. The second kappa shape index (κ2) is 6.29. The Morgan fingerprint density at radius 3 is 2.65 bits per heavy atom. The minimum Gasteiger partial charge on any atom is -0.378 e. The molecule has 0 spiro atoms. The Morgan fingerprint density at radius 2 is 2.05 bits per heavy atom. The first kappa shape index (κ1) is 14.9. The number of benzene rings is 1. The third-order valence-electron chi connectivity index (χ3n) is 3.01.